The van der Waals surface area contributed by atoms with E-state index in [4.69, 9.17) is 5.11 Å². The molecule has 4 nitrogen and oxygen atoms in total. The summed E-state index contributed by atoms with van der Waals surface area (Å²) in [6.45, 7) is 0. The summed E-state index contributed by atoms with van der Waals surface area (Å²) in [5, 5.41) is 10.2. The second kappa shape index (κ2) is 4.74. The summed E-state index contributed by atoms with van der Waals surface area (Å²) in [6.07, 6.45) is -5.02. The van der Waals surface area contributed by atoms with Crippen LogP contribution in [-0.4, -0.2) is 23.2 Å². The number of carbonyl (C=O) groups excluding carboxylic acids is 1. The van der Waals surface area contributed by atoms with Crippen LogP contribution in [0.25, 0.3) is 0 Å². The Kier molecular flexibility index (Phi) is 3.76. The quantitative estimate of drug-likeness (QED) is 0.882. The van der Waals surface area contributed by atoms with Crippen LogP contribution >= 0.6 is 15.9 Å². The van der Waals surface area contributed by atoms with E-state index in [1.165, 1.54) is 6.07 Å². The topological polar surface area (TPSA) is 66.4 Å². The Bertz CT molecular complexity index is 473. The maximum atomic E-state index is 12.0. The lowest BCUT2D eigenvalue weighted by Gasteiger charge is -2.09. The fraction of sp³-hybridized carbons (Fsp3) is 0.111. The number of hydrogen-bond acceptors (Lipinski definition) is 2. The average Bonchev–Trinajstić information content (AvgIpc) is 2.14. The third kappa shape index (κ3) is 3.74. The Morgan fingerprint density at radius 2 is 1.82 bits per heavy atom. The largest absolute Gasteiger partial charge is 0.478 e. The smallest absolute Gasteiger partial charge is 0.471 e. The number of amides is 1. The van der Waals surface area contributed by atoms with Gasteiger partial charge >= 0.3 is 18.1 Å². The highest BCUT2D eigenvalue weighted by atomic mass is 79.9. The summed E-state index contributed by atoms with van der Waals surface area (Å²) in [5.41, 5.74) is -0.490. The van der Waals surface area contributed by atoms with Crippen molar-refractivity contribution in [1.82, 2.24) is 0 Å². The molecule has 1 aromatic rings. The monoisotopic (exact) mass is 311 g/mol. The van der Waals surface area contributed by atoms with Crippen molar-refractivity contribution in [2.45, 2.75) is 6.18 Å². The Labute approximate surface area is 102 Å². The van der Waals surface area contributed by atoms with Gasteiger partial charge in [-0.05, 0) is 18.2 Å². The van der Waals surface area contributed by atoms with Gasteiger partial charge in [0.05, 0.1) is 5.56 Å². The van der Waals surface area contributed by atoms with Crippen molar-refractivity contribution in [3.63, 3.8) is 0 Å². The first kappa shape index (κ1) is 13.5. The van der Waals surface area contributed by atoms with Crippen molar-refractivity contribution in [2.24, 2.45) is 0 Å². The Morgan fingerprint density at radius 1 is 1.24 bits per heavy atom. The number of halogens is 4. The van der Waals surface area contributed by atoms with Gasteiger partial charge < -0.3 is 10.4 Å². The van der Waals surface area contributed by atoms with Crippen LogP contribution < -0.4 is 5.32 Å². The summed E-state index contributed by atoms with van der Waals surface area (Å²) in [7, 11) is 0. The van der Waals surface area contributed by atoms with Gasteiger partial charge in [0.2, 0.25) is 0 Å². The van der Waals surface area contributed by atoms with Crippen molar-refractivity contribution in [2.75, 3.05) is 5.32 Å². The van der Waals surface area contributed by atoms with Crippen LogP contribution in [0.15, 0.2) is 22.7 Å². The Morgan fingerprint density at radius 3 is 2.29 bits per heavy atom. The van der Waals surface area contributed by atoms with Crippen molar-refractivity contribution in [3.8, 4) is 0 Å². The number of carbonyl (C=O) groups is 2. The molecule has 0 heterocycles. The number of carboxylic acid groups (broad SMARTS) is 1. The SMILES string of the molecule is O=C(O)c1cc(Br)cc(NC(=O)C(F)(F)F)c1. The van der Waals surface area contributed by atoms with Crippen molar-refractivity contribution >= 4 is 33.5 Å². The molecule has 92 valence electrons. The number of rotatable bonds is 2. The number of benzene rings is 1. The minimum atomic E-state index is -5.02. The molecule has 8 heteroatoms. The molecule has 1 rings (SSSR count). The van der Waals surface area contributed by atoms with E-state index in [1.807, 2.05) is 0 Å². The zero-order chi connectivity index (χ0) is 13.2. The van der Waals surface area contributed by atoms with Crippen LogP contribution in [0.4, 0.5) is 18.9 Å². The molecule has 0 atom stereocenters. The second-order valence-electron chi connectivity index (χ2n) is 2.99. The van der Waals surface area contributed by atoms with Crippen LogP contribution in [-0.2, 0) is 4.79 Å². The van der Waals surface area contributed by atoms with Gasteiger partial charge in [-0.25, -0.2) is 4.79 Å². The molecule has 0 aromatic heterocycles. The first-order chi connectivity index (χ1) is 7.70. The van der Waals surface area contributed by atoms with Gasteiger partial charge in [-0.2, -0.15) is 13.2 Å². The lowest BCUT2D eigenvalue weighted by atomic mass is 10.2. The zero-order valence-corrected chi connectivity index (χ0v) is 9.59. The molecular weight excluding hydrogens is 307 g/mol. The lowest BCUT2D eigenvalue weighted by Crippen LogP contribution is -2.30. The van der Waals surface area contributed by atoms with Gasteiger partial charge in [0, 0.05) is 10.2 Å². The summed E-state index contributed by atoms with van der Waals surface area (Å²) >= 11 is 2.93. The standard InChI is InChI=1S/C9H5BrF3NO3/c10-5-1-4(7(15)16)2-6(3-5)14-8(17)9(11,12)13/h1-3H,(H,14,17)(H,15,16). The highest BCUT2D eigenvalue weighted by Gasteiger charge is 2.38. The van der Waals surface area contributed by atoms with Gasteiger partial charge in [0.25, 0.3) is 0 Å². The summed E-state index contributed by atoms with van der Waals surface area (Å²) in [6, 6.07) is 3.29. The van der Waals surface area contributed by atoms with E-state index in [0.717, 1.165) is 12.1 Å². The molecular formula is C9H5BrF3NO3. The van der Waals surface area contributed by atoms with Crippen molar-refractivity contribution in [1.29, 1.82) is 0 Å². The normalized spacial score (nSPS) is 11.1. The molecule has 0 unspecified atom stereocenters. The third-order valence-electron chi connectivity index (χ3n) is 1.66. The molecule has 0 bridgehead atoms. The van der Waals surface area contributed by atoms with E-state index in [-0.39, 0.29) is 15.7 Å². The average molecular weight is 312 g/mol. The second-order valence-corrected chi connectivity index (χ2v) is 3.90. The molecule has 0 aliphatic rings. The number of anilines is 1. The number of hydrogen-bond donors (Lipinski definition) is 2. The Hall–Kier alpha value is -1.57. The van der Waals surface area contributed by atoms with E-state index in [2.05, 4.69) is 15.9 Å². The first-order valence-corrected chi connectivity index (χ1v) is 4.91. The maximum Gasteiger partial charge on any atom is 0.471 e. The number of nitrogens with one attached hydrogen (secondary N) is 1. The van der Waals surface area contributed by atoms with Crippen LogP contribution in [0.3, 0.4) is 0 Å². The lowest BCUT2D eigenvalue weighted by molar-refractivity contribution is -0.167. The molecule has 1 aromatic carbocycles. The fourth-order valence-corrected chi connectivity index (χ4v) is 1.48. The van der Waals surface area contributed by atoms with Crippen LogP contribution in [0, 0.1) is 0 Å². The minimum absolute atomic E-state index is 0.239. The molecule has 1 amide bonds. The van der Waals surface area contributed by atoms with Gasteiger partial charge in [-0.1, -0.05) is 15.9 Å². The molecule has 0 radical (unpaired) electrons. The van der Waals surface area contributed by atoms with Gasteiger partial charge in [-0.15, -0.1) is 0 Å². The molecule has 0 saturated carbocycles. The molecule has 17 heavy (non-hydrogen) atoms. The fourth-order valence-electron chi connectivity index (χ4n) is 0.987. The zero-order valence-electron chi connectivity index (χ0n) is 8.01. The molecule has 0 fully saturated rings. The molecule has 0 aliphatic heterocycles. The molecule has 0 aliphatic carbocycles. The molecule has 0 saturated heterocycles. The summed E-state index contributed by atoms with van der Waals surface area (Å²) < 4.78 is 36.1. The molecule has 2 N–H and O–H groups in total. The summed E-state index contributed by atoms with van der Waals surface area (Å²) in [5.74, 6) is -3.47. The van der Waals surface area contributed by atoms with Crippen LogP contribution in [0.2, 0.25) is 0 Å². The predicted octanol–water partition coefficient (Wildman–Crippen LogP) is 2.65. The number of carboxylic acids is 1. The third-order valence-corrected chi connectivity index (χ3v) is 2.12. The van der Waals surface area contributed by atoms with Crippen LogP contribution in [0.1, 0.15) is 10.4 Å². The highest BCUT2D eigenvalue weighted by Crippen LogP contribution is 2.22. The van der Waals surface area contributed by atoms with E-state index in [9.17, 15) is 22.8 Å². The van der Waals surface area contributed by atoms with Crippen molar-refractivity contribution in [3.05, 3.63) is 28.2 Å². The van der Waals surface area contributed by atoms with Crippen LogP contribution in [0.5, 0.6) is 0 Å². The van der Waals surface area contributed by atoms with E-state index in [1.54, 1.807) is 5.32 Å². The Balaban J connectivity index is 3.00. The van der Waals surface area contributed by atoms with Crippen molar-refractivity contribution < 1.29 is 27.9 Å². The van der Waals surface area contributed by atoms with E-state index < -0.39 is 18.1 Å². The minimum Gasteiger partial charge on any atom is -0.478 e. The van der Waals surface area contributed by atoms with Gasteiger partial charge in [0.15, 0.2) is 0 Å². The summed E-state index contributed by atoms with van der Waals surface area (Å²) in [4.78, 5) is 21.3. The number of aromatic carboxylic acids is 1. The van der Waals surface area contributed by atoms with E-state index in [0.29, 0.717) is 0 Å². The highest BCUT2D eigenvalue weighted by molar-refractivity contribution is 9.10. The van der Waals surface area contributed by atoms with Gasteiger partial charge in [-0.3, -0.25) is 4.79 Å². The first-order valence-electron chi connectivity index (χ1n) is 4.12. The van der Waals surface area contributed by atoms with E-state index >= 15 is 0 Å². The maximum absolute atomic E-state index is 12.0. The predicted molar refractivity (Wildman–Crippen MR) is 55.8 cm³/mol. The van der Waals surface area contributed by atoms with Gasteiger partial charge in [0.1, 0.15) is 0 Å². The molecule has 0 spiro atoms. The number of alkyl halides is 3.